The van der Waals surface area contributed by atoms with Crippen LogP contribution in [0.2, 0.25) is 0 Å². The van der Waals surface area contributed by atoms with E-state index in [9.17, 15) is 4.21 Å². The molecule has 1 aromatic heterocycles. The fraction of sp³-hybridized carbons (Fsp3) is 0.348. The van der Waals surface area contributed by atoms with Crippen molar-refractivity contribution in [2.24, 2.45) is 0 Å². The zero-order valence-corrected chi connectivity index (χ0v) is 19.3. The number of rotatable bonds is 11. The first kappa shape index (κ1) is 23.0. The summed E-state index contributed by atoms with van der Waals surface area (Å²) in [5, 5.41) is 4.39. The van der Waals surface area contributed by atoms with Crippen molar-refractivity contribution >= 4 is 11.0 Å². The Morgan fingerprint density at radius 3 is 1.87 bits per heavy atom. The molecule has 3 rings (SSSR count). The van der Waals surface area contributed by atoms with Gasteiger partial charge in [0.1, 0.15) is 22.5 Å². The molecule has 0 aliphatic rings. The fourth-order valence-electron chi connectivity index (χ4n) is 3.05. The van der Waals surface area contributed by atoms with Crippen LogP contribution in [0.4, 0.5) is 0 Å². The highest BCUT2D eigenvalue weighted by atomic mass is 32.2. The summed E-state index contributed by atoms with van der Waals surface area (Å²) in [5.41, 5.74) is 2.12. The molecular weight excluding hydrogens is 412 g/mol. The number of benzene rings is 2. The zero-order valence-electron chi connectivity index (χ0n) is 18.5. The molecule has 0 aliphatic heterocycles. The third-order valence-electron chi connectivity index (χ3n) is 4.86. The van der Waals surface area contributed by atoms with Gasteiger partial charge in [-0.15, -0.1) is 0 Å². The van der Waals surface area contributed by atoms with Gasteiger partial charge in [-0.2, -0.15) is 5.10 Å². The lowest BCUT2D eigenvalue weighted by Gasteiger charge is -2.21. The first-order valence-corrected chi connectivity index (χ1v) is 11.2. The summed E-state index contributed by atoms with van der Waals surface area (Å²) in [6, 6.07) is 15.7. The van der Waals surface area contributed by atoms with Crippen molar-refractivity contribution < 1.29 is 13.7 Å². The highest BCUT2D eigenvalue weighted by molar-refractivity contribution is 7.82. The number of likely N-dealkylation sites (N-methyl/N-ethyl adjacent to an activating group) is 1. The average molecular weight is 443 g/mol. The summed E-state index contributed by atoms with van der Waals surface area (Å²) in [5.74, 6) is 1.60. The van der Waals surface area contributed by atoms with Crippen molar-refractivity contribution in [3.63, 3.8) is 0 Å². The highest BCUT2D eigenvalue weighted by Gasteiger charge is 2.18. The topological polar surface area (TPSA) is 59.8 Å². The Labute approximate surface area is 186 Å². The van der Waals surface area contributed by atoms with Crippen LogP contribution in [0.1, 0.15) is 11.1 Å². The van der Waals surface area contributed by atoms with Gasteiger partial charge < -0.3 is 14.4 Å². The molecule has 0 radical (unpaired) electrons. The van der Waals surface area contributed by atoms with E-state index in [2.05, 4.69) is 10.00 Å². The zero-order chi connectivity index (χ0) is 22.2. The molecule has 8 heteroatoms. The van der Waals surface area contributed by atoms with Crippen molar-refractivity contribution in [2.75, 3.05) is 34.9 Å². The van der Waals surface area contributed by atoms with Crippen LogP contribution < -0.4 is 9.47 Å². The van der Waals surface area contributed by atoms with Crippen molar-refractivity contribution in [2.45, 2.75) is 24.5 Å². The smallest absolute Gasteiger partial charge is 0.131 e. The van der Waals surface area contributed by atoms with E-state index in [1.807, 2.05) is 77.8 Å². The number of ether oxygens (including phenoxy) is 2. The van der Waals surface area contributed by atoms with Crippen LogP contribution in [-0.2, 0) is 30.6 Å². The van der Waals surface area contributed by atoms with Gasteiger partial charge in [-0.1, -0.05) is 24.3 Å². The molecule has 0 aliphatic carbocycles. The van der Waals surface area contributed by atoms with Crippen molar-refractivity contribution in [1.82, 2.24) is 19.0 Å². The molecule has 1 heterocycles. The molecule has 0 saturated carbocycles. The van der Waals surface area contributed by atoms with Crippen LogP contribution >= 0.6 is 0 Å². The second-order valence-electron chi connectivity index (χ2n) is 7.49. The molecule has 1 unspecified atom stereocenters. The van der Waals surface area contributed by atoms with E-state index in [-0.39, 0.29) is 0 Å². The van der Waals surface area contributed by atoms with E-state index in [0.29, 0.717) is 18.0 Å². The lowest BCUT2D eigenvalue weighted by atomic mass is 10.2. The Morgan fingerprint density at radius 1 is 0.903 bits per heavy atom. The van der Waals surface area contributed by atoms with Crippen LogP contribution in [0.25, 0.3) is 0 Å². The Bertz CT molecular complexity index is 922. The molecule has 0 N–H and O–H groups in total. The number of methoxy groups -OCH3 is 2. The maximum atomic E-state index is 13.5. The molecule has 31 heavy (non-hydrogen) atoms. The van der Waals surface area contributed by atoms with Crippen molar-refractivity contribution in [1.29, 1.82) is 0 Å². The number of nitrogens with zero attached hydrogens (tertiary/aromatic N) is 4. The van der Waals surface area contributed by atoms with Gasteiger partial charge >= 0.3 is 0 Å². The van der Waals surface area contributed by atoms with Gasteiger partial charge in [-0.05, 0) is 49.5 Å². The first-order chi connectivity index (χ1) is 15.0. The maximum absolute atomic E-state index is 13.5. The Hall–Kier alpha value is -2.68. The molecule has 0 spiro atoms. The van der Waals surface area contributed by atoms with E-state index in [4.69, 9.17) is 9.47 Å². The van der Waals surface area contributed by atoms with Crippen molar-refractivity contribution in [3.05, 3.63) is 72.1 Å². The number of hydrogen-bond donors (Lipinski definition) is 0. The standard InChI is InChI=1S/C23H30N4O3S/c1-25(2)13-14-26-18-23(15-24-26)31(28)27(16-19-5-9-21(29-3)10-6-19)17-20-7-11-22(30-4)12-8-20/h5-12,15,18H,13-14,16-17H2,1-4H3. The van der Waals surface area contributed by atoms with Crippen LogP contribution in [0, 0.1) is 0 Å². The minimum absolute atomic E-state index is 0.533. The molecule has 0 saturated heterocycles. The van der Waals surface area contributed by atoms with Crippen LogP contribution in [0.15, 0.2) is 65.8 Å². The maximum Gasteiger partial charge on any atom is 0.131 e. The van der Waals surface area contributed by atoms with E-state index in [1.54, 1.807) is 20.4 Å². The van der Waals surface area contributed by atoms with Gasteiger partial charge in [0.25, 0.3) is 0 Å². The van der Waals surface area contributed by atoms with Gasteiger partial charge in [0, 0.05) is 25.8 Å². The van der Waals surface area contributed by atoms with Crippen LogP contribution in [0.5, 0.6) is 11.5 Å². The van der Waals surface area contributed by atoms with Crippen LogP contribution in [0.3, 0.4) is 0 Å². The largest absolute Gasteiger partial charge is 0.497 e. The second kappa shape index (κ2) is 11.1. The molecule has 0 fully saturated rings. The summed E-state index contributed by atoms with van der Waals surface area (Å²) >= 11 is 0. The summed E-state index contributed by atoms with van der Waals surface area (Å²) < 4.78 is 27.8. The van der Waals surface area contributed by atoms with E-state index in [1.165, 1.54) is 0 Å². The Morgan fingerprint density at radius 2 is 1.42 bits per heavy atom. The lowest BCUT2D eigenvalue weighted by Crippen LogP contribution is -2.25. The van der Waals surface area contributed by atoms with Crippen LogP contribution in [-0.4, -0.2) is 58.1 Å². The molecule has 7 nitrogen and oxygen atoms in total. The van der Waals surface area contributed by atoms with E-state index < -0.39 is 11.0 Å². The summed E-state index contributed by atoms with van der Waals surface area (Å²) in [6.07, 6.45) is 3.56. The monoisotopic (exact) mass is 442 g/mol. The van der Waals surface area contributed by atoms with E-state index in [0.717, 1.165) is 35.7 Å². The number of hydrogen-bond acceptors (Lipinski definition) is 5. The molecular formula is C23H30N4O3S. The second-order valence-corrected chi connectivity index (χ2v) is 8.97. The predicted octanol–water partition coefficient (Wildman–Crippen LogP) is 3.19. The normalized spacial score (nSPS) is 12.3. The molecule has 2 aromatic carbocycles. The molecule has 3 aromatic rings. The summed E-state index contributed by atoms with van der Waals surface area (Å²) in [6.45, 7) is 2.69. The first-order valence-electron chi connectivity index (χ1n) is 10.1. The molecule has 1 atom stereocenters. The lowest BCUT2D eigenvalue weighted by molar-refractivity contribution is 0.373. The third kappa shape index (κ3) is 6.65. The van der Waals surface area contributed by atoms with Gasteiger partial charge in [-0.25, -0.2) is 8.51 Å². The van der Waals surface area contributed by atoms with Gasteiger partial charge in [0.05, 0.1) is 31.9 Å². The average Bonchev–Trinajstić information content (AvgIpc) is 3.27. The van der Waals surface area contributed by atoms with Gasteiger partial charge in [0.2, 0.25) is 0 Å². The van der Waals surface area contributed by atoms with Crippen molar-refractivity contribution in [3.8, 4) is 11.5 Å². The SMILES string of the molecule is COc1ccc(CN(Cc2ccc(OC)cc2)S(=O)c2cnn(CCN(C)C)c2)cc1. The minimum Gasteiger partial charge on any atom is -0.497 e. The fourth-order valence-corrected chi connectivity index (χ4v) is 4.23. The quantitative estimate of drug-likeness (QED) is 0.456. The van der Waals surface area contributed by atoms with Gasteiger partial charge in [0.15, 0.2) is 0 Å². The van der Waals surface area contributed by atoms with E-state index >= 15 is 0 Å². The van der Waals surface area contributed by atoms with Gasteiger partial charge in [-0.3, -0.25) is 4.68 Å². The molecule has 0 bridgehead atoms. The summed E-state index contributed by atoms with van der Waals surface area (Å²) in [7, 11) is 5.98. The summed E-state index contributed by atoms with van der Waals surface area (Å²) in [4.78, 5) is 2.79. The molecule has 0 amide bonds. The number of aromatic nitrogens is 2. The Balaban J connectivity index is 1.80. The minimum atomic E-state index is -1.36. The third-order valence-corrected chi connectivity index (χ3v) is 6.20. The Kier molecular flexibility index (Phi) is 8.22. The highest BCUT2D eigenvalue weighted by Crippen LogP contribution is 2.21. The molecule has 166 valence electrons. The predicted molar refractivity (Wildman–Crippen MR) is 122 cm³/mol.